The van der Waals surface area contributed by atoms with Crippen molar-refractivity contribution in [3.63, 3.8) is 0 Å². The summed E-state index contributed by atoms with van der Waals surface area (Å²) in [5.74, 6) is 0.833. The molecular formula is C19H52. The molecule has 0 aliphatic heterocycles. The molecule has 0 heteroatoms. The van der Waals surface area contributed by atoms with Crippen LogP contribution in [0.2, 0.25) is 0 Å². The minimum atomic E-state index is 0.833. The van der Waals surface area contributed by atoms with Gasteiger partial charge >= 0.3 is 0 Å². The van der Waals surface area contributed by atoms with Crippen LogP contribution in [0.4, 0.5) is 0 Å². The zero-order valence-corrected chi connectivity index (χ0v) is 17.7. The summed E-state index contributed by atoms with van der Waals surface area (Å²) in [5.41, 5.74) is 0. The summed E-state index contributed by atoms with van der Waals surface area (Å²) in [6.45, 7) is 30.9. The monoisotopic (exact) mass is 280 g/mol. The van der Waals surface area contributed by atoms with E-state index in [0.717, 1.165) is 5.92 Å². The van der Waals surface area contributed by atoms with E-state index in [1.807, 2.05) is 69.2 Å². The maximum Gasteiger partial charge on any atom is -0.0500 e. The Hall–Kier alpha value is 0. The van der Waals surface area contributed by atoms with Crippen LogP contribution in [0.3, 0.4) is 0 Å². The fraction of sp³-hybridized carbons (Fsp3) is 1.00. The second kappa shape index (κ2) is 144. The number of rotatable bonds is 2. The predicted octanol–water partition coefficient (Wildman–Crippen LogP) is 8.99. The van der Waals surface area contributed by atoms with Crippen LogP contribution >= 0.6 is 0 Å². The molecule has 0 aromatic carbocycles. The molecule has 19 heavy (non-hydrogen) atoms. The highest BCUT2D eigenvalue weighted by Gasteiger charge is 1.68. The first-order valence-electron chi connectivity index (χ1n) is 9.15. The third-order valence-corrected chi connectivity index (χ3v) is 0.707. The van der Waals surface area contributed by atoms with Gasteiger partial charge in [-0.2, -0.15) is 0 Å². The van der Waals surface area contributed by atoms with Gasteiger partial charge in [-0.25, -0.2) is 0 Å². The van der Waals surface area contributed by atoms with Crippen molar-refractivity contribution >= 4 is 0 Å². The molecule has 0 radical (unpaired) electrons. The van der Waals surface area contributed by atoms with Crippen molar-refractivity contribution in [2.24, 2.45) is 5.92 Å². The van der Waals surface area contributed by atoms with E-state index in [1.165, 1.54) is 19.3 Å². The van der Waals surface area contributed by atoms with Crippen molar-refractivity contribution in [1.82, 2.24) is 0 Å². The fourth-order valence-corrected chi connectivity index (χ4v) is 0.354. The van der Waals surface area contributed by atoms with E-state index in [9.17, 15) is 0 Å². The molecule has 0 rings (SSSR count). The van der Waals surface area contributed by atoms with E-state index >= 15 is 0 Å². The molecule has 0 aliphatic rings. The van der Waals surface area contributed by atoms with Gasteiger partial charge in [0.1, 0.15) is 0 Å². The SMILES string of the molecule is CC.CC.CC.CC.CC.CC(C)C.CCCCC. The van der Waals surface area contributed by atoms with Crippen molar-refractivity contribution in [3.05, 3.63) is 0 Å². The van der Waals surface area contributed by atoms with Crippen LogP contribution in [0.15, 0.2) is 0 Å². The topological polar surface area (TPSA) is 0 Å². The Labute approximate surface area is 129 Å². The summed E-state index contributed by atoms with van der Waals surface area (Å²) >= 11 is 0. The molecule has 0 bridgehead atoms. The molecular weight excluding hydrogens is 228 g/mol. The minimum absolute atomic E-state index is 0.833. The highest BCUT2D eigenvalue weighted by molar-refractivity contribution is 4.24. The van der Waals surface area contributed by atoms with Crippen LogP contribution in [0.1, 0.15) is 123 Å². The normalized spacial score (nSPS) is 5.68. The lowest BCUT2D eigenvalue weighted by molar-refractivity contribution is 0.737. The van der Waals surface area contributed by atoms with Gasteiger partial charge in [0.25, 0.3) is 0 Å². The first-order chi connectivity index (χ1) is 9.15. The van der Waals surface area contributed by atoms with E-state index in [2.05, 4.69) is 34.6 Å². The van der Waals surface area contributed by atoms with Gasteiger partial charge in [0.15, 0.2) is 0 Å². The van der Waals surface area contributed by atoms with Gasteiger partial charge < -0.3 is 0 Å². The van der Waals surface area contributed by atoms with Crippen molar-refractivity contribution in [3.8, 4) is 0 Å². The Morgan fingerprint density at radius 1 is 0.474 bits per heavy atom. The maximum atomic E-state index is 2.21. The van der Waals surface area contributed by atoms with Gasteiger partial charge in [0, 0.05) is 0 Å². The van der Waals surface area contributed by atoms with E-state index in [1.54, 1.807) is 0 Å². The van der Waals surface area contributed by atoms with Crippen LogP contribution in [0.5, 0.6) is 0 Å². The summed E-state index contributed by atoms with van der Waals surface area (Å²) in [4.78, 5) is 0. The largest absolute Gasteiger partial charge is 0.0683 e. The lowest BCUT2D eigenvalue weighted by Gasteiger charge is -1.79. The van der Waals surface area contributed by atoms with Crippen molar-refractivity contribution in [2.45, 2.75) is 123 Å². The molecule has 0 spiro atoms. The first-order valence-corrected chi connectivity index (χ1v) is 9.15. The molecule has 0 nitrogen and oxygen atoms in total. The molecule has 0 atom stereocenters. The Balaban J connectivity index is -0.0000000187. The summed E-state index contributed by atoms with van der Waals surface area (Å²) in [6, 6.07) is 0. The number of unbranched alkanes of at least 4 members (excludes halogenated alkanes) is 2. The maximum absolute atomic E-state index is 2.21. The molecule has 0 aliphatic carbocycles. The van der Waals surface area contributed by atoms with E-state index in [0.29, 0.717) is 0 Å². The Kier molecular flexibility index (Phi) is 325. The minimum Gasteiger partial charge on any atom is -0.0683 e. The van der Waals surface area contributed by atoms with Crippen LogP contribution in [-0.2, 0) is 0 Å². The number of hydrogen-bond donors (Lipinski definition) is 0. The standard InChI is InChI=1S/C5H12.C4H10.5C2H6/c1-3-5-4-2;1-4(2)3;5*1-2/h3-5H2,1-2H3;4H,1-3H3;5*1-2H3. The summed E-state index contributed by atoms with van der Waals surface area (Å²) in [5, 5.41) is 0. The highest BCUT2D eigenvalue weighted by Crippen LogP contribution is 1.88. The Morgan fingerprint density at radius 3 is 0.579 bits per heavy atom. The third-order valence-electron chi connectivity index (χ3n) is 0.707. The zero-order valence-electron chi connectivity index (χ0n) is 17.7. The third kappa shape index (κ3) is 1150. The van der Waals surface area contributed by atoms with Crippen molar-refractivity contribution in [2.75, 3.05) is 0 Å². The summed E-state index contributed by atoms with van der Waals surface area (Å²) < 4.78 is 0. The van der Waals surface area contributed by atoms with Crippen LogP contribution < -0.4 is 0 Å². The van der Waals surface area contributed by atoms with Gasteiger partial charge in [-0.15, -0.1) is 0 Å². The smallest absolute Gasteiger partial charge is 0.0500 e. The van der Waals surface area contributed by atoms with Crippen LogP contribution in [0.25, 0.3) is 0 Å². The quantitative estimate of drug-likeness (QED) is 0.473. The molecule has 128 valence electrons. The molecule has 0 saturated carbocycles. The van der Waals surface area contributed by atoms with Crippen molar-refractivity contribution in [1.29, 1.82) is 0 Å². The zero-order chi connectivity index (χ0) is 17.7. The lowest BCUT2D eigenvalue weighted by atomic mass is 10.3. The average Bonchev–Trinajstić information content (AvgIpc) is 2.50. The predicted molar refractivity (Wildman–Crippen MR) is 102 cm³/mol. The number of hydrogen-bond acceptors (Lipinski definition) is 0. The van der Waals surface area contributed by atoms with E-state index in [-0.39, 0.29) is 0 Å². The van der Waals surface area contributed by atoms with Crippen molar-refractivity contribution < 1.29 is 0 Å². The Morgan fingerprint density at radius 2 is 0.579 bits per heavy atom. The molecule has 0 amide bonds. The van der Waals surface area contributed by atoms with Gasteiger partial charge in [0.2, 0.25) is 0 Å². The molecule has 0 saturated heterocycles. The molecule has 0 aromatic heterocycles. The summed E-state index contributed by atoms with van der Waals surface area (Å²) in [6.07, 6.45) is 4.08. The second-order valence-electron chi connectivity index (χ2n) is 3.09. The van der Waals surface area contributed by atoms with Crippen LogP contribution in [0, 0.1) is 5.92 Å². The van der Waals surface area contributed by atoms with E-state index in [4.69, 9.17) is 0 Å². The molecule has 0 aromatic rings. The lowest BCUT2D eigenvalue weighted by Crippen LogP contribution is -1.66. The van der Waals surface area contributed by atoms with Crippen LogP contribution in [-0.4, -0.2) is 0 Å². The van der Waals surface area contributed by atoms with E-state index < -0.39 is 0 Å². The van der Waals surface area contributed by atoms with Gasteiger partial charge in [0.05, 0.1) is 0 Å². The van der Waals surface area contributed by atoms with Gasteiger partial charge in [-0.1, -0.05) is 123 Å². The average molecular weight is 281 g/mol. The van der Waals surface area contributed by atoms with Gasteiger partial charge in [-0.05, 0) is 5.92 Å². The fourth-order valence-electron chi connectivity index (χ4n) is 0.354. The Bertz CT molecular complexity index is 24.3. The first kappa shape index (κ1) is 42.8. The highest BCUT2D eigenvalue weighted by atomic mass is 13.7. The molecule has 0 heterocycles. The summed E-state index contributed by atoms with van der Waals surface area (Å²) in [7, 11) is 0. The molecule has 0 fully saturated rings. The molecule has 0 N–H and O–H groups in total. The van der Waals surface area contributed by atoms with Gasteiger partial charge in [-0.3, -0.25) is 0 Å². The molecule has 0 unspecified atom stereocenters. The second-order valence-corrected chi connectivity index (χ2v) is 3.09.